The van der Waals surface area contributed by atoms with E-state index < -0.39 is 11.4 Å². The predicted octanol–water partition coefficient (Wildman–Crippen LogP) is 2.80. The first-order valence-electron chi connectivity index (χ1n) is 9.58. The van der Waals surface area contributed by atoms with Crippen molar-refractivity contribution >= 4 is 23.2 Å². The van der Waals surface area contributed by atoms with E-state index in [0.717, 1.165) is 24.8 Å². The fraction of sp³-hybridized carbons (Fsp3) is 0.500. The lowest BCUT2D eigenvalue weighted by molar-refractivity contribution is 0.240. The van der Waals surface area contributed by atoms with Crippen LogP contribution in [0.2, 0.25) is 0 Å². The fourth-order valence-corrected chi connectivity index (χ4v) is 3.19. The molecular weight excluding hydrogens is 392 g/mol. The number of aryl methyl sites for hydroxylation is 1. The van der Waals surface area contributed by atoms with Gasteiger partial charge in [0.25, 0.3) is 0 Å². The van der Waals surface area contributed by atoms with Crippen molar-refractivity contribution in [2.75, 3.05) is 13.2 Å². The zero-order chi connectivity index (χ0) is 21.4. The van der Waals surface area contributed by atoms with Gasteiger partial charge in [-0.3, -0.25) is 19.0 Å². The smallest absolute Gasteiger partial charge is 0.320 e. The maximum atomic E-state index is 12.6. The fourth-order valence-electron chi connectivity index (χ4n) is 2.97. The van der Waals surface area contributed by atoms with E-state index >= 15 is 0 Å². The number of carbonyl (C=O) groups excluding carboxylic acids is 1. The Labute approximate surface area is 174 Å². The normalized spacial score (nSPS) is 18.7. The molecule has 2 atom stereocenters. The summed E-state index contributed by atoms with van der Waals surface area (Å²) in [5.74, 6) is 0.270. The predicted molar refractivity (Wildman–Crippen MR) is 115 cm³/mol. The molecule has 0 aliphatic heterocycles. The topological polar surface area (TPSA) is 126 Å². The molecule has 29 heavy (non-hydrogen) atoms. The number of hydrogen-bond acceptors (Lipinski definition) is 5. The summed E-state index contributed by atoms with van der Waals surface area (Å²) in [5, 5.41) is 5.74. The average Bonchev–Trinajstić information content (AvgIpc) is 2.64. The van der Waals surface area contributed by atoms with Crippen LogP contribution in [0.1, 0.15) is 50.8 Å². The van der Waals surface area contributed by atoms with Gasteiger partial charge in [-0.25, -0.2) is 4.79 Å². The van der Waals surface area contributed by atoms with Crippen molar-refractivity contribution in [3.05, 3.63) is 47.2 Å². The van der Waals surface area contributed by atoms with E-state index in [1.165, 1.54) is 5.56 Å². The van der Waals surface area contributed by atoms with Gasteiger partial charge in [0.15, 0.2) is 0 Å². The Hall–Kier alpha value is -2.23. The van der Waals surface area contributed by atoms with Crippen LogP contribution in [0.5, 0.6) is 0 Å². The minimum absolute atomic E-state index is 0.0603. The minimum Gasteiger partial charge on any atom is -0.401 e. The Morgan fingerprint density at radius 3 is 2.83 bits per heavy atom. The van der Waals surface area contributed by atoms with Gasteiger partial charge in [-0.15, -0.1) is 0 Å². The van der Waals surface area contributed by atoms with E-state index in [1.54, 1.807) is 6.08 Å². The molecule has 0 spiro atoms. The Bertz CT molecular complexity index is 802. The van der Waals surface area contributed by atoms with E-state index in [1.807, 2.05) is 39.0 Å². The number of urea groups is 1. The molecule has 1 aliphatic carbocycles. The van der Waals surface area contributed by atoms with Crippen molar-refractivity contribution in [3.63, 3.8) is 0 Å². The summed E-state index contributed by atoms with van der Waals surface area (Å²) >= 11 is -2.35. The van der Waals surface area contributed by atoms with Gasteiger partial charge in [-0.05, 0) is 36.5 Å². The largest absolute Gasteiger partial charge is 0.401 e. The van der Waals surface area contributed by atoms with Crippen LogP contribution in [0.15, 0.2) is 41.0 Å². The van der Waals surface area contributed by atoms with Gasteiger partial charge in [0.2, 0.25) is 0 Å². The van der Waals surface area contributed by atoms with Crippen molar-refractivity contribution in [1.29, 1.82) is 0 Å². The highest BCUT2D eigenvalue weighted by molar-refractivity contribution is 7.74. The summed E-state index contributed by atoms with van der Waals surface area (Å²) in [6.45, 7) is 5.89. The molecule has 9 heteroatoms. The van der Waals surface area contributed by atoms with Crippen LogP contribution in [0.25, 0.3) is 0 Å². The lowest BCUT2D eigenvalue weighted by Crippen LogP contribution is -2.42. The zero-order valence-electron chi connectivity index (χ0n) is 17.1. The third-order valence-corrected chi connectivity index (χ3v) is 5.00. The number of amides is 2. The molecule has 1 aromatic carbocycles. The number of allylic oxidation sites excluding steroid dienone is 1. The maximum absolute atomic E-state index is 12.6. The van der Waals surface area contributed by atoms with Crippen molar-refractivity contribution in [2.24, 2.45) is 16.1 Å². The molecule has 2 amide bonds. The molecule has 0 saturated carbocycles. The first-order valence-corrected chi connectivity index (χ1v) is 10.6. The molecule has 0 fully saturated rings. The molecule has 0 bridgehead atoms. The second kappa shape index (κ2) is 10.5. The number of carbonyl (C=O) groups is 1. The van der Waals surface area contributed by atoms with Crippen LogP contribution < -0.4 is 16.4 Å². The van der Waals surface area contributed by atoms with Gasteiger partial charge in [0.05, 0.1) is 19.2 Å². The van der Waals surface area contributed by atoms with Crippen molar-refractivity contribution < 1.29 is 17.7 Å². The van der Waals surface area contributed by atoms with Gasteiger partial charge in [0.1, 0.15) is 5.84 Å². The van der Waals surface area contributed by atoms with Gasteiger partial charge in [-0.2, -0.15) is 4.21 Å². The number of aliphatic imine (C=N–C) groups is 1. The van der Waals surface area contributed by atoms with Crippen molar-refractivity contribution in [1.82, 2.24) is 10.6 Å². The zero-order valence-corrected chi connectivity index (χ0v) is 17.9. The van der Waals surface area contributed by atoms with E-state index in [-0.39, 0.29) is 36.5 Å². The summed E-state index contributed by atoms with van der Waals surface area (Å²) in [6.07, 6.45) is 4.49. The first-order chi connectivity index (χ1) is 13.7. The highest BCUT2D eigenvalue weighted by Crippen LogP contribution is 2.29. The van der Waals surface area contributed by atoms with E-state index in [9.17, 15) is 9.00 Å². The number of nitrogens with one attached hydrogen (secondary N) is 2. The van der Waals surface area contributed by atoms with E-state index in [0.29, 0.717) is 5.70 Å². The van der Waals surface area contributed by atoms with E-state index in [4.69, 9.17) is 10.3 Å². The third kappa shape index (κ3) is 7.60. The van der Waals surface area contributed by atoms with Crippen molar-refractivity contribution in [3.8, 4) is 0 Å². The second-order valence-corrected chi connectivity index (χ2v) is 8.57. The van der Waals surface area contributed by atoms with Gasteiger partial charge >= 0.3 is 17.4 Å². The van der Waals surface area contributed by atoms with Gasteiger partial charge in [-0.1, -0.05) is 45.0 Å². The van der Waals surface area contributed by atoms with Crippen LogP contribution in [0, 0.1) is 5.41 Å². The third-order valence-electron chi connectivity index (χ3n) is 4.63. The second-order valence-electron chi connectivity index (χ2n) is 7.90. The monoisotopic (exact) mass is 422 g/mol. The van der Waals surface area contributed by atoms with Crippen LogP contribution in [0.4, 0.5) is 4.79 Å². The average molecular weight is 423 g/mol. The minimum atomic E-state index is -2.35. The molecular formula is C20H30N4O4S. The molecule has 0 saturated heterocycles. The Kier molecular flexibility index (Phi) is 8.36. The number of fused-ring (bicyclic) bond motifs is 1. The first kappa shape index (κ1) is 23.1. The Morgan fingerprint density at radius 2 is 2.14 bits per heavy atom. The number of benzene rings is 1. The molecule has 2 rings (SSSR count). The van der Waals surface area contributed by atoms with Crippen LogP contribution in [-0.4, -0.2) is 33.8 Å². The summed E-state index contributed by atoms with van der Waals surface area (Å²) in [4.78, 5) is 16.9. The van der Waals surface area contributed by atoms with Gasteiger partial charge < -0.3 is 11.1 Å². The summed E-state index contributed by atoms with van der Waals surface area (Å²) in [5.41, 5.74) is 8.75. The van der Waals surface area contributed by atoms with E-state index in [2.05, 4.69) is 25.9 Å². The number of hydrogen-bond donors (Lipinski definition) is 4. The quantitative estimate of drug-likeness (QED) is 0.243. The summed E-state index contributed by atoms with van der Waals surface area (Å²) in [6, 6.07) is 7.67. The van der Waals surface area contributed by atoms with Crippen LogP contribution in [0.3, 0.4) is 0 Å². The lowest BCUT2D eigenvalue weighted by atomic mass is 9.88. The van der Waals surface area contributed by atoms with Crippen molar-refractivity contribution in [2.45, 2.75) is 46.1 Å². The Morgan fingerprint density at radius 1 is 1.41 bits per heavy atom. The van der Waals surface area contributed by atoms with Crippen LogP contribution in [-0.2, 0) is 22.0 Å². The number of rotatable bonds is 6. The molecule has 1 aliphatic rings. The standard InChI is InChI=1S/C20H30N4O4S/c1-20(2,3)17(21)13-18(22-11-12-28-29(26)27)24-19(25)23-16-10-6-8-14-7-4-5-9-15(14)16/h4-5,7,9,13,16H,6,8,10-12,21H2,1-3H3,(H,26,27)(H2,22,23,24,25). The molecule has 0 heterocycles. The number of nitrogens with zero attached hydrogens (tertiary/aromatic N) is 1. The molecule has 1 aromatic rings. The van der Waals surface area contributed by atoms with Gasteiger partial charge in [0, 0.05) is 11.1 Å². The summed E-state index contributed by atoms with van der Waals surface area (Å²) in [7, 11) is 0. The Balaban J connectivity index is 2.08. The molecule has 5 N–H and O–H groups in total. The SMILES string of the molecule is CC(C)(C)C(N)=CC(=NCCOS(=O)O)NC(=O)NC1CCCc2ccccc21. The molecule has 2 unspecified atom stereocenters. The number of nitrogens with two attached hydrogens (primary N) is 1. The molecule has 160 valence electrons. The highest BCUT2D eigenvalue weighted by atomic mass is 32.2. The highest BCUT2D eigenvalue weighted by Gasteiger charge is 2.22. The molecule has 0 aromatic heterocycles. The molecule has 0 radical (unpaired) electrons. The van der Waals surface area contributed by atoms with Crippen LogP contribution >= 0.6 is 0 Å². The summed E-state index contributed by atoms with van der Waals surface area (Å²) < 4.78 is 23.8. The molecule has 8 nitrogen and oxygen atoms in total. The number of amidine groups is 1. The maximum Gasteiger partial charge on any atom is 0.320 e. The lowest BCUT2D eigenvalue weighted by Gasteiger charge is -2.26.